The van der Waals surface area contributed by atoms with Crippen LogP contribution in [0.25, 0.3) is 0 Å². The molecule has 0 aromatic heterocycles. The maximum atomic E-state index is 12.0. The number of ether oxygens (including phenoxy) is 1. The van der Waals surface area contributed by atoms with E-state index in [1.165, 1.54) is 0 Å². The van der Waals surface area contributed by atoms with Crippen LogP contribution in [0.1, 0.15) is 48.0 Å². The lowest BCUT2D eigenvalue weighted by Crippen LogP contribution is -2.12. The first kappa shape index (κ1) is 11.8. The quantitative estimate of drug-likeness (QED) is 0.445. The predicted molar refractivity (Wildman–Crippen MR) is 64.0 cm³/mol. The Bertz CT molecular complexity index is 433. The van der Waals surface area contributed by atoms with Crippen molar-refractivity contribution in [2.45, 2.75) is 32.1 Å². The Balaban J connectivity index is 2.10. The third-order valence-corrected chi connectivity index (χ3v) is 2.89. The molecule has 0 aliphatic heterocycles. The summed E-state index contributed by atoms with van der Waals surface area (Å²) in [6.45, 7) is 2.05. The molecule has 0 unspecified atom stereocenters. The Labute approximate surface area is 101 Å². The fourth-order valence-electron chi connectivity index (χ4n) is 1.94. The molecule has 0 atom stereocenters. The normalized spacial score (nSPS) is 14.4. The summed E-state index contributed by atoms with van der Waals surface area (Å²) in [5, 5.41) is 0. The average molecular weight is 232 g/mol. The molecule has 0 amide bonds. The summed E-state index contributed by atoms with van der Waals surface area (Å²) >= 11 is 0. The smallest absolute Gasteiger partial charge is 0.313 e. The number of carbonyl (C=O) groups is 2. The second kappa shape index (κ2) is 5.13. The van der Waals surface area contributed by atoms with Crippen LogP contribution in [0.4, 0.5) is 0 Å². The van der Waals surface area contributed by atoms with Gasteiger partial charge in [-0.2, -0.15) is 0 Å². The lowest BCUT2D eigenvalue weighted by atomic mass is 9.98. The van der Waals surface area contributed by atoms with Crippen molar-refractivity contribution in [2.24, 2.45) is 0 Å². The fourth-order valence-corrected chi connectivity index (χ4v) is 1.94. The Kier molecular flexibility index (Phi) is 3.57. The number of benzene rings is 1. The van der Waals surface area contributed by atoms with Gasteiger partial charge in [0.2, 0.25) is 0 Å². The van der Waals surface area contributed by atoms with Crippen molar-refractivity contribution in [3.63, 3.8) is 0 Å². The molecule has 1 aromatic rings. The van der Waals surface area contributed by atoms with Crippen LogP contribution in [0.3, 0.4) is 0 Å². The number of carbonyl (C=O) groups excluding carboxylic acids is 2. The van der Waals surface area contributed by atoms with Gasteiger partial charge in [-0.3, -0.25) is 9.59 Å². The SMILES string of the molecule is CCOC(=O)CC(=O)c1ccccc1C1CC1. The van der Waals surface area contributed by atoms with E-state index in [2.05, 4.69) is 0 Å². The number of ketones is 1. The molecular weight excluding hydrogens is 216 g/mol. The van der Waals surface area contributed by atoms with Gasteiger partial charge in [-0.25, -0.2) is 0 Å². The van der Waals surface area contributed by atoms with Gasteiger partial charge >= 0.3 is 5.97 Å². The largest absolute Gasteiger partial charge is 0.466 e. The second-order valence-corrected chi connectivity index (χ2v) is 4.27. The van der Waals surface area contributed by atoms with E-state index in [1.807, 2.05) is 18.2 Å². The summed E-state index contributed by atoms with van der Waals surface area (Å²) in [7, 11) is 0. The fraction of sp³-hybridized carbons (Fsp3) is 0.429. The number of Topliss-reactive ketones (excluding diaryl/α,β-unsaturated/α-hetero) is 1. The zero-order chi connectivity index (χ0) is 12.3. The maximum absolute atomic E-state index is 12.0. The van der Waals surface area contributed by atoms with Crippen LogP contribution in [0.15, 0.2) is 24.3 Å². The highest BCUT2D eigenvalue weighted by Crippen LogP contribution is 2.41. The minimum absolute atomic E-state index is 0.133. The summed E-state index contributed by atoms with van der Waals surface area (Å²) in [5.74, 6) is -0.0635. The predicted octanol–water partition coefficient (Wildman–Crippen LogP) is 2.70. The van der Waals surface area contributed by atoms with E-state index >= 15 is 0 Å². The van der Waals surface area contributed by atoms with Crippen LogP contribution in [0.5, 0.6) is 0 Å². The van der Waals surface area contributed by atoms with Crippen LogP contribution >= 0.6 is 0 Å². The highest BCUT2D eigenvalue weighted by Gasteiger charge is 2.28. The van der Waals surface area contributed by atoms with Gasteiger partial charge in [0.05, 0.1) is 6.61 Å². The van der Waals surface area contributed by atoms with Crippen LogP contribution in [-0.2, 0) is 9.53 Å². The number of hydrogen-bond acceptors (Lipinski definition) is 3. The molecule has 3 nitrogen and oxygen atoms in total. The molecule has 0 heterocycles. The molecule has 1 fully saturated rings. The van der Waals surface area contributed by atoms with E-state index in [1.54, 1.807) is 13.0 Å². The van der Waals surface area contributed by atoms with Gasteiger partial charge in [-0.15, -0.1) is 0 Å². The van der Waals surface area contributed by atoms with Crippen LogP contribution in [-0.4, -0.2) is 18.4 Å². The highest BCUT2D eigenvalue weighted by atomic mass is 16.5. The zero-order valence-electron chi connectivity index (χ0n) is 9.94. The molecule has 0 saturated heterocycles. The molecule has 90 valence electrons. The molecule has 3 heteroatoms. The maximum Gasteiger partial charge on any atom is 0.313 e. The van der Waals surface area contributed by atoms with Crippen molar-refractivity contribution in [3.8, 4) is 0 Å². The summed E-state index contributed by atoms with van der Waals surface area (Å²) in [5.41, 5.74) is 1.77. The monoisotopic (exact) mass is 232 g/mol. The van der Waals surface area contributed by atoms with Gasteiger partial charge in [0.25, 0.3) is 0 Å². The summed E-state index contributed by atoms with van der Waals surface area (Å²) in [4.78, 5) is 23.3. The van der Waals surface area contributed by atoms with Gasteiger partial charge in [0.15, 0.2) is 5.78 Å². The van der Waals surface area contributed by atoms with E-state index in [-0.39, 0.29) is 12.2 Å². The van der Waals surface area contributed by atoms with Gasteiger partial charge in [-0.05, 0) is 31.2 Å². The van der Waals surface area contributed by atoms with E-state index in [0.29, 0.717) is 18.1 Å². The molecule has 1 aliphatic rings. The van der Waals surface area contributed by atoms with Gasteiger partial charge in [-0.1, -0.05) is 24.3 Å². The van der Waals surface area contributed by atoms with E-state index < -0.39 is 5.97 Å². The first-order valence-electron chi connectivity index (χ1n) is 6.00. The van der Waals surface area contributed by atoms with Crippen LogP contribution in [0, 0.1) is 0 Å². The molecule has 1 saturated carbocycles. The van der Waals surface area contributed by atoms with Crippen molar-refractivity contribution in [1.29, 1.82) is 0 Å². The van der Waals surface area contributed by atoms with Crippen molar-refractivity contribution >= 4 is 11.8 Å². The van der Waals surface area contributed by atoms with Crippen molar-refractivity contribution in [1.82, 2.24) is 0 Å². The summed E-state index contributed by atoms with van der Waals surface area (Å²) < 4.78 is 4.79. The standard InChI is InChI=1S/C14H16O3/c1-2-17-14(16)9-13(15)12-6-4-3-5-11(12)10-7-8-10/h3-6,10H,2,7-9H2,1H3. The Morgan fingerprint density at radius 3 is 2.65 bits per heavy atom. The molecule has 1 aliphatic carbocycles. The summed E-state index contributed by atoms with van der Waals surface area (Å²) in [6, 6.07) is 7.56. The third kappa shape index (κ3) is 2.93. The minimum atomic E-state index is -0.442. The van der Waals surface area contributed by atoms with Gasteiger partial charge in [0, 0.05) is 5.56 Å². The molecule has 0 N–H and O–H groups in total. The molecular formula is C14H16O3. The number of esters is 1. The summed E-state index contributed by atoms with van der Waals surface area (Å²) in [6.07, 6.45) is 2.13. The zero-order valence-corrected chi connectivity index (χ0v) is 9.94. The molecule has 0 bridgehead atoms. The van der Waals surface area contributed by atoms with Gasteiger partial charge in [0.1, 0.15) is 6.42 Å². The first-order valence-corrected chi connectivity index (χ1v) is 6.00. The average Bonchev–Trinajstić information content (AvgIpc) is 3.13. The number of hydrogen-bond donors (Lipinski definition) is 0. The van der Waals surface area contributed by atoms with Crippen LogP contribution in [0.2, 0.25) is 0 Å². The Morgan fingerprint density at radius 1 is 1.29 bits per heavy atom. The third-order valence-electron chi connectivity index (χ3n) is 2.89. The van der Waals surface area contributed by atoms with Crippen LogP contribution < -0.4 is 0 Å². The molecule has 0 spiro atoms. The van der Waals surface area contributed by atoms with Crippen molar-refractivity contribution < 1.29 is 14.3 Å². The topological polar surface area (TPSA) is 43.4 Å². The van der Waals surface area contributed by atoms with E-state index in [0.717, 1.165) is 18.4 Å². The number of rotatable bonds is 5. The molecule has 2 rings (SSSR count). The molecule has 17 heavy (non-hydrogen) atoms. The first-order chi connectivity index (χ1) is 8.22. The second-order valence-electron chi connectivity index (χ2n) is 4.27. The Morgan fingerprint density at radius 2 is 2.00 bits per heavy atom. The van der Waals surface area contributed by atoms with Crippen molar-refractivity contribution in [2.75, 3.05) is 6.61 Å². The van der Waals surface area contributed by atoms with E-state index in [9.17, 15) is 9.59 Å². The minimum Gasteiger partial charge on any atom is -0.466 e. The molecule has 1 aromatic carbocycles. The molecule has 0 radical (unpaired) electrons. The van der Waals surface area contributed by atoms with Gasteiger partial charge < -0.3 is 4.74 Å². The van der Waals surface area contributed by atoms with Crippen molar-refractivity contribution in [3.05, 3.63) is 35.4 Å². The highest BCUT2D eigenvalue weighted by molar-refractivity contribution is 6.06. The lowest BCUT2D eigenvalue weighted by molar-refractivity contribution is -0.141. The van der Waals surface area contributed by atoms with E-state index in [4.69, 9.17) is 4.74 Å². The lowest BCUT2D eigenvalue weighted by Gasteiger charge is -2.07. The Hall–Kier alpha value is -1.64.